The van der Waals surface area contributed by atoms with Crippen LogP contribution in [0.3, 0.4) is 0 Å². The monoisotopic (exact) mass is 390 g/mol. The average Bonchev–Trinajstić information content (AvgIpc) is 3.20. The van der Waals surface area contributed by atoms with Crippen LogP contribution in [0.5, 0.6) is 0 Å². The lowest BCUT2D eigenvalue weighted by Gasteiger charge is -2.14. The van der Waals surface area contributed by atoms with E-state index in [2.05, 4.69) is 15.3 Å². The third kappa shape index (κ3) is 3.90. The van der Waals surface area contributed by atoms with Crippen LogP contribution in [0.4, 0.5) is 10.8 Å². The smallest absolute Gasteiger partial charge is 0.183 e. The highest BCUT2D eigenvalue weighted by Crippen LogP contribution is 2.36. The minimum Gasteiger partial charge on any atom is -0.395 e. The third-order valence-corrected chi connectivity index (χ3v) is 5.02. The maximum atomic E-state index is 12.6. The van der Waals surface area contributed by atoms with Crippen molar-refractivity contribution >= 4 is 39.7 Å². The molecule has 140 valence electrons. The number of allylic oxidation sites excluding steroid dienone is 1. The number of hydrogen-bond acceptors (Lipinski definition) is 7. The van der Waals surface area contributed by atoms with E-state index in [-0.39, 0.29) is 18.8 Å². The predicted octanol–water partition coefficient (Wildman–Crippen LogP) is 3.98. The summed E-state index contributed by atoms with van der Waals surface area (Å²) in [4.78, 5) is 26.3. The molecule has 2 aromatic heterocycles. The van der Waals surface area contributed by atoms with Gasteiger partial charge in [0.2, 0.25) is 0 Å². The van der Waals surface area contributed by atoms with Crippen molar-refractivity contribution in [1.29, 1.82) is 0 Å². The molecule has 0 unspecified atom stereocenters. The lowest BCUT2D eigenvalue weighted by molar-refractivity contribution is 0.1000. The molecule has 2 N–H and O–H groups in total. The van der Waals surface area contributed by atoms with Crippen LogP contribution in [0, 0.1) is 0 Å². The number of aromatic nitrogens is 2. The Morgan fingerprint density at radius 3 is 2.86 bits per heavy atom. The number of aliphatic imine (C=N–C) groups is 1. The molecule has 1 aromatic carbocycles. The first-order valence-corrected chi connectivity index (χ1v) is 9.76. The number of fused-ring (bicyclic) bond motifs is 1. The quantitative estimate of drug-likeness (QED) is 0.665. The molecule has 7 heteroatoms. The minimum absolute atomic E-state index is 0.0234. The maximum absolute atomic E-state index is 12.6. The number of benzene rings is 1. The molecular formula is C21H18N4O2S. The van der Waals surface area contributed by atoms with E-state index >= 15 is 0 Å². The fraction of sp³-hybridized carbons (Fsp3) is 0.143. The molecule has 3 aromatic rings. The summed E-state index contributed by atoms with van der Waals surface area (Å²) in [5.74, 6) is 0.0234. The Labute approximate surface area is 166 Å². The van der Waals surface area contributed by atoms with Crippen molar-refractivity contribution < 1.29 is 9.90 Å². The van der Waals surface area contributed by atoms with Gasteiger partial charge in [0.05, 0.1) is 13.0 Å². The second kappa shape index (κ2) is 8.24. The summed E-state index contributed by atoms with van der Waals surface area (Å²) in [6.45, 7) is 0.460. The number of aliphatic hydroxyl groups is 1. The van der Waals surface area contributed by atoms with Crippen LogP contribution in [0.15, 0.2) is 59.0 Å². The standard InChI is InChI=1S/C21H18N4O2S/c26-11-10-23-21-25-17(13-28-21)20-19-16(8-9-22-20)18(27)12-15(24-19)7-6-14-4-2-1-3-5-14/h1-9,13,26H,10-12H2,(H,23,25)/b7-6+. The predicted molar refractivity (Wildman–Crippen MR) is 112 cm³/mol. The van der Waals surface area contributed by atoms with Gasteiger partial charge in [-0.15, -0.1) is 11.3 Å². The first-order valence-electron chi connectivity index (χ1n) is 8.88. The van der Waals surface area contributed by atoms with E-state index in [1.54, 1.807) is 12.3 Å². The van der Waals surface area contributed by atoms with Crippen molar-refractivity contribution in [2.24, 2.45) is 4.99 Å². The zero-order chi connectivity index (χ0) is 19.3. The summed E-state index contributed by atoms with van der Waals surface area (Å²) in [6, 6.07) is 11.6. The Bertz CT molecular complexity index is 1060. The normalized spacial score (nSPS) is 13.5. The van der Waals surface area contributed by atoms with Crippen molar-refractivity contribution in [3.8, 4) is 11.4 Å². The van der Waals surface area contributed by atoms with Gasteiger partial charge in [0.15, 0.2) is 10.9 Å². The van der Waals surface area contributed by atoms with Gasteiger partial charge in [-0.1, -0.05) is 36.4 Å². The van der Waals surface area contributed by atoms with Gasteiger partial charge >= 0.3 is 0 Å². The van der Waals surface area contributed by atoms with E-state index in [1.807, 2.05) is 47.9 Å². The fourth-order valence-electron chi connectivity index (χ4n) is 2.90. The number of Topliss-reactive ketones (excluding diaryl/α,β-unsaturated/α-hetero) is 1. The van der Waals surface area contributed by atoms with Gasteiger partial charge in [-0.05, 0) is 17.7 Å². The maximum Gasteiger partial charge on any atom is 0.183 e. The lowest BCUT2D eigenvalue weighted by Crippen LogP contribution is -2.12. The number of rotatable bonds is 6. The molecule has 3 heterocycles. The van der Waals surface area contributed by atoms with E-state index in [9.17, 15) is 4.79 Å². The number of anilines is 1. The summed E-state index contributed by atoms with van der Waals surface area (Å²) >= 11 is 1.42. The van der Waals surface area contributed by atoms with Crippen molar-refractivity contribution in [3.63, 3.8) is 0 Å². The third-order valence-electron chi connectivity index (χ3n) is 4.22. The Balaban J connectivity index is 1.69. The molecule has 0 radical (unpaired) electrons. The molecular weight excluding hydrogens is 372 g/mol. The molecule has 0 atom stereocenters. The molecule has 0 saturated carbocycles. The summed E-state index contributed by atoms with van der Waals surface area (Å²) in [6.07, 6.45) is 5.71. The molecule has 1 aliphatic rings. The van der Waals surface area contributed by atoms with E-state index in [4.69, 9.17) is 10.1 Å². The first kappa shape index (κ1) is 18.2. The molecule has 28 heavy (non-hydrogen) atoms. The highest BCUT2D eigenvalue weighted by atomic mass is 32.1. The SMILES string of the molecule is O=C1CC(/C=C/c2ccccc2)=Nc2c1ccnc2-c1csc(NCCO)n1. The lowest BCUT2D eigenvalue weighted by atomic mass is 9.98. The Morgan fingerprint density at radius 1 is 1.18 bits per heavy atom. The van der Waals surface area contributed by atoms with E-state index in [0.717, 1.165) is 5.56 Å². The van der Waals surface area contributed by atoms with E-state index in [0.29, 0.717) is 40.0 Å². The van der Waals surface area contributed by atoms with Gasteiger partial charge < -0.3 is 10.4 Å². The minimum atomic E-state index is 0.0234. The number of carbonyl (C=O) groups excluding carboxylic acids is 1. The molecule has 0 amide bonds. The van der Waals surface area contributed by atoms with Crippen LogP contribution >= 0.6 is 11.3 Å². The van der Waals surface area contributed by atoms with Crippen LogP contribution in [0.25, 0.3) is 17.5 Å². The van der Waals surface area contributed by atoms with Crippen LogP contribution in [-0.4, -0.2) is 39.7 Å². The summed E-state index contributed by atoms with van der Waals surface area (Å²) in [5, 5.41) is 14.5. The largest absolute Gasteiger partial charge is 0.395 e. The highest BCUT2D eigenvalue weighted by molar-refractivity contribution is 7.14. The topological polar surface area (TPSA) is 87.5 Å². The van der Waals surface area contributed by atoms with Crippen LogP contribution in [0.1, 0.15) is 22.3 Å². The molecule has 0 bridgehead atoms. The van der Waals surface area contributed by atoms with Crippen LogP contribution < -0.4 is 5.32 Å². The molecule has 4 rings (SSSR count). The average molecular weight is 390 g/mol. The Kier molecular flexibility index (Phi) is 5.36. The van der Waals surface area contributed by atoms with E-state index < -0.39 is 0 Å². The van der Waals surface area contributed by atoms with Crippen molar-refractivity contribution in [3.05, 3.63) is 65.2 Å². The summed E-state index contributed by atoms with van der Waals surface area (Å²) < 4.78 is 0. The Hall–Kier alpha value is -3.16. The second-order valence-electron chi connectivity index (χ2n) is 6.19. The summed E-state index contributed by atoms with van der Waals surface area (Å²) in [7, 11) is 0. The molecule has 0 saturated heterocycles. The number of hydrogen-bond donors (Lipinski definition) is 2. The van der Waals surface area contributed by atoms with Gasteiger partial charge in [0.1, 0.15) is 17.1 Å². The van der Waals surface area contributed by atoms with Crippen molar-refractivity contribution in [2.75, 3.05) is 18.5 Å². The van der Waals surface area contributed by atoms with Gasteiger partial charge in [-0.3, -0.25) is 9.78 Å². The zero-order valence-corrected chi connectivity index (χ0v) is 15.8. The van der Waals surface area contributed by atoms with Gasteiger partial charge in [0.25, 0.3) is 0 Å². The van der Waals surface area contributed by atoms with Gasteiger partial charge in [-0.25, -0.2) is 9.98 Å². The molecule has 0 spiro atoms. The number of nitrogens with zero attached hydrogens (tertiary/aromatic N) is 3. The van der Waals surface area contributed by atoms with Crippen LogP contribution in [0.2, 0.25) is 0 Å². The number of thiazole rings is 1. The number of nitrogens with one attached hydrogen (secondary N) is 1. The number of aliphatic hydroxyl groups excluding tert-OH is 1. The van der Waals surface area contributed by atoms with Gasteiger partial charge in [0, 0.05) is 29.4 Å². The molecule has 1 aliphatic heterocycles. The van der Waals surface area contributed by atoms with Crippen molar-refractivity contribution in [2.45, 2.75) is 6.42 Å². The van der Waals surface area contributed by atoms with E-state index in [1.165, 1.54) is 11.3 Å². The van der Waals surface area contributed by atoms with Crippen molar-refractivity contribution in [1.82, 2.24) is 9.97 Å². The van der Waals surface area contributed by atoms with Gasteiger partial charge in [-0.2, -0.15) is 0 Å². The molecule has 6 nitrogen and oxygen atoms in total. The Morgan fingerprint density at radius 2 is 2.04 bits per heavy atom. The zero-order valence-electron chi connectivity index (χ0n) is 15.0. The number of carbonyl (C=O) groups is 1. The second-order valence-corrected chi connectivity index (χ2v) is 7.05. The number of ketones is 1. The number of pyridine rings is 1. The summed E-state index contributed by atoms with van der Waals surface area (Å²) in [5.41, 5.74) is 4.13. The first-order chi connectivity index (χ1) is 13.7. The molecule has 0 aliphatic carbocycles. The molecule has 0 fully saturated rings. The highest BCUT2D eigenvalue weighted by Gasteiger charge is 2.23. The van der Waals surface area contributed by atoms with Crippen LogP contribution in [-0.2, 0) is 0 Å². The fourth-order valence-corrected chi connectivity index (χ4v) is 3.63.